The molecule has 3 aromatic rings. The molecule has 7 heteroatoms. The SMILES string of the molecule is CC1(C)c2nc(N3CC4CNCC4C3)sc2C(=O)c2c1[nH]c1cc(C#N)ccc21. The average Bonchev–Trinajstić information content (AvgIpc) is 3.45. The molecule has 2 unspecified atom stereocenters. The summed E-state index contributed by atoms with van der Waals surface area (Å²) in [6.07, 6.45) is 0. The van der Waals surface area contributed by atoms with E-state index in [9.17, 15) is 10.1 Å². The number of hydrogen-bond donors (Lipinski definition) is 2. The molecule has 2 aliphatic heterocycles. The first-order valence-electron chi connectivity index (χ1n) is 10.1. The second-order valence-corrected chi connectivity index (χ2v) is 9.94. The van der Waals surface area contributed by atoms with Crippen molar-refractivity contribution < 1.29 is 4.79 Å². The Morgan fingerprint density at radius 3 is 2.76 bits per heavy atom. The van der Waals surface area contributed by atoms with Gasteiger partial charge in [0.05, 0.1) is 22.9 Å². The zero-order valence-corrected chi connectivity index (χ0v) is 17.2. The molecule has 3 aliphatic rings. The Hall–Kier alpha value is -2.69. The minimum absolute atomic E-state index is 0.0510. The van der Waals surface area contributed by atoms with Gasteiger partial charge in [-0.2, -0.15) is 5.26 Å². The molecule has 2 aromatic heterocycles. The molecule has 2 fully saturated rings. The van der Waals surface area contributed by atoms with Gasteiger partial charge < -0.3 is 15.2 Å². The Bertz CT molecular complexity index is 1220. The molecular weight excluding hydrogens is 382 g/mol. The molecule has 1 aliphatic carbocycles. The number of carbonyl (C=O) groups is 1. The van der Waals surface area contributed by atoms with E-state index in [0.29, 0.717) is 17.4 Å². The van der Waals surface area contributed by atoms with Crippen LogP contribution in [0.4, 0.5) is 5.13 Å². The molecule has 146 valence electrons. The van der Waals surface area contributed by atoms with E-state index in [1.54, 1.807) is 17.4 Å². The molecule has 0 radical (unpaired) electrons. The van der Waals surface area contributed by atoms with Crippen LogP contribution in [0.1, 0.15) is 46.0 Å². The Morgan fingerprint density at radius 1 is 1.28 bits per heavy atom. The highest BCUT2D eigenvalue weighted by Gasteiger charge is 2.44. The number of H-pyrrole nitrogens is 1. The molecule has 6 nitrogen and oxygen atoms in total. The van der Waals surface area contributed by atoms with Crippen LogP contribution in [-0.4, -0.2) is 41.9 Å². The fourth-order valence-corrected chi connectivity index (χ4v) is 6.43. The van der Waals surface area contributed by atoms with Gasteiger partial charge in [0.1, 0.15) is 4.88 Å². The Kier molecular flexibility index (Phi) is 3.37. The smallest absolute Gasteiger partial charge is 0.207 e. The predicted molar refractivity (Wildman–Crippen MR) is 113 cm³/mol. The molecule has 29 heavy (non-hydrogen) atoms. The third-order valence-electron chi connectivity index (χ3n) is 6.85. The van der Waals surface area contributed by atoms with Gasteiger partial charge in [0.15, 0.2) is 5.13 Å². The number of nitriles is 1. The Balaban J connectivity index is 1.47. The number of ketones is 1. The van der Waals surface area contributed by atoms with Gasteiger partial charge in [-0.1, -0.05) is 17.4 Å². The summed E-state index contributed by atoms with van der Waals surface area (Å²) in [4.78, 5) is 25.1. The van der Waals surface area contributed by atoms with Crippen LogP contribution >= 0.6 is 11.3 Å². The minimum atomic E-state index is -0.393. The molecule has 4 heterocycles. The number of nitrogens with zero attached hydrogens (tertiary/aromatic N) is 3. The Labute approximate surface area is 172 Å². The van der Waals surface area contributed by atoms with E-state index in [4.69, 9.17) is 4.98 Å². The van der Waals surface area contributed by atoms with Crippen molar-refractivity contribution in [1.82, 2.24) is 15.3 Å². The summed E-state index contributed by atoms with van der Waals surface area (Å²) in [5.74, 6) is 1.42. The number of thiazole rings is 1. The quantitative estimate of drug-likeness (QED) is 0.652. The summed E-state index contributed by atoms with van der Waals surface area (Å²) >= 11 is 1.54. The summed E-state index contributed by atoms with van der Waals surface area (Å²) in [5.41, 5.74) is 3.55. The van der Waals surface area contributed by atoms with Gasteiger partial charge in [-0.25, -0.2) is 4.98 Å². The first-order chi connectivity index (χ1) is 14.0. The van der Waals surface area contributed by atoms with Crippen molar-refractivity contribution in [3.8, 4) is 6.07 Å². The van der Waals surface area contributed by atoms with Crippen LogP contribution in [0.3, 0.4) is 0 Å². The predicted octanol–water partition coefficient (Wildman–Crippen LogP) is 3.02. The highest BCUT2D eigenvalue weighted by atomic mass is 32.1. The van der Waals surface area contributed by atoms with Crippen LogP contribution in [0.2, 0.25) is 0 Å². The van der Waals surface area contributed by atoms with Crippen LogP contribution in [0, 0.1) is 23.2 Å². The van der Waals surface area contributed by atoms with E-state index in [-0.39, 0.29) is 5.78 Å². The third kappa shape index (κ3) is 2.24. The van der Waals surface area contributed by atoms with E-state index < -0.39 is 5.41 Å². The fraction of sp³-hybridized carbons (Fsp3) is 0.409. The summed E-state index contributed by atoms with van der Waals surface area (Å²) in [6.45, 7) is 8.46. The van der Waals surface area contributed by atoms with Gasteiger partial charge in [-0.15, -0.1) is 0 Å². The van der Waals surface area contributed by atoms with E-state index in [1.807, 2.05) is 12.1 Å². The lowest BCUT2D eigenvalue weighted by Gasteiger charge is -2.28. The van der Waals surface area contributed by atoms with Crippen molar-refractivity contribution in [2.24, 2.45) is 11.8 Å². The second kappa shape index (κ2) is 5.68. The highest BCUT2D eigenvalue weighted by molar-refractivity contribution is 7.18. The molecule has 2 atom stereocenters. The maximum Gasteiger partial charge on any atom is 0.207 e. The van der Waals surface area contributed by atoms with Crippen molar-refractivity contribution in [3.05, 3.63) is 45.6 Å². The van der Waals surface area contributed by atoms with Crippen molar-refractivity contribution in [2.75, 3.05) is 31.1 Å². The number of aromatic nitrogens is 2. The van der Waals surface area contributed by atoms with Crippen molar-refractivity contribution in [1.29, 1.82) is 5.26 Å². The van der Waals surface area contributed by atoms with Crippen LogP contribution in [-0.2, 0) is 5.41 Å². The van der Waals surface area contributed by atoms with Crippen molar-refractivity contribution in [2.45, 2.75) is 19.3 Å². The molecule has 2 saturated heterocycles. The molecule has 6 rings (SSSR count). The van der Waals surface area contributed by atoms with Gasteiger partial charge in [-0.3, -0.25) is 4.79 Å². The van der Waals surface area contributed by atoms with Gasteiger partial charge in [0.2, 0.25) is 5.78 Å². The molecule has 0 saturated carbocycles. The normalized spacial score (nSPS) is 24.4. The standard InChI is InChI=1S/C22H21N5OS/c1-22(2)19-16(14-4-3-11(6-23)5-15(14)25-19)17(28)18-20(22)26-21(29-18)27-9-12-7-24-8-13(12)10-27/h3-5,12-13,24-25H,7-10H2,1-2H3. The zero-order valence-electron chi connectivity index (χ0n) is 16.4. The zero-order chi connectivity index (χ0) is 19.9. The van der Waals surface area contributed by atoms with E-state index in [2.05, 4.69) is 35.1 Å². The largest absolute Gasteiger partial charge is 0.357 e. The maximum absolute atomic E-state index is 13.5. The van der Waals surface area contributed by atoms with Crippen LogP contribution < -0.4 is 10.2 Å². The average molecular weight is 404 g/mol. The molecule has 0 spiro atoms. The van der Waals surface area contributed by atoms with Gasteiger partial charge in [-0.05, 0) is 37.8 Å². The summed E-state index contributed by atoms with van der Waals surface area (Å²) in [7, 11) is 0. The minimum Gasteiger partial charge on any atom is -0.357 e. The van der Waals surface area contributed by atoms with Gasteiger partial charge >= 0.3 is 0 Å². The number of fused-ring (bicyclic) bond motifs is 5. The van der Waals surface area contributed by atoms with Crippen LogP contribution in [0.15, 0.2) is 18.2 Å². The topological polar surface area (TPSA) is 84.8 Å². The number of aromatic amines is 1. The highest BCUT2D eigenvalue weighted by Crippen LogP contribution is 2.47. The molecule has 2 N–H and O–H groups in total. The molecular formula is C22H21N5OS. The fourth-order valence-electron chi connectivity index (χ4n) is 5.24. The summed E-state index contributed by atoms with van der Waals surface area (Å²) < 4.78 is 0. The molecule has 0 amide bonds. The lowest BCUT2D eigenvalue weighted by molar-refractivity contribution is 0.103. The maximum atomic E-state index is 13.5. The number of benzene rings is 1. The number of nitrogens with one attached hydrogen (secondary N) is 2. The number of anilines is 1. The molecule has 0 bridgehead atoms. The number of hydrogen-bond acceptors (Lipinski definition) is 6. The van der Waals surface area contributed by atoms with Gasteiger partial charge in [0, 0.05) is 48.2 Å². The third-order valence-corrected chi connectivity index (χ3v) is 7.97. The van der Waals surface area contributed by atoms with E-state index in [1.165, 1.54) is 0 Å². The Morgan fingerprint density at radius 2 is 2.03 bits per heavy atom. The summed E-state index contributed by atoms with van der Waals surface area (Å²) in [6, 6.07) is 7.66. The lowest BCUT2D eigenvalue weighted by Crippen LogP contribution is -2.30. The van der Waals surface area contributed by atoms with Crippen LogP contribution in [0.25, 0.3) is 10.9 Å². The first kappa shape index (κ1) is 17.2. The number of rotatable bonds is 1. The first-order valence-corrected chi connectivity index (χ1v) is 10.9. The number of carbonyl (C=O) groups excluding carboxylic acids is 1. The van der Waals surface area contributed by atoms with Gasteiger partial charge in [0.25, 0.3) is 0 Å². The summed E-state index contributed by atoms with van der Waals surface area (Å²) in [5, 5.41) is 14.6. The van der Waals surface area contributed by atoms with Crippen LogP contribution in [0.5, 0.6) is 0 Å². The lowest BCUT2D eigenvalue weighted by atomic mass is 9.77. The monoisotopic (exact) mass is 403 g/mol. The molecule has 1 aromatic carbocycles. The van der Waals surface area contributed by atoms with E-state index in [0.717, 1.165) is 64.0 Å². The van der Waals surface area contributed by atoms with Crippen molar-refractivity contribution >= 4 is 33.2 Å². The van der Waals surface area contributed by atoms with Crippen molar-refractivity contribution in [3.63, 3.8) is 0 Å². The second-order valence-electron chi connectivity index (χ2n) is 8.96. The van der Waals surface area contributed by atoms with E-state index >= 15 is 0 Å².